The molecule has 0 radical (unpaired) electrons. The number of carbonyl (C=O) groups excluding carboxylic acids is 1. The van der Waals surface area contributed by atoms with Crippen molar-refractivity contribution in [3.8, 4) is 28.4 Å². The lowest BCUT2D eigenvalue weighted by Gasteiger charge is -2.33. The van der Waals surface area contributed by atoms with Gasteiger partial charge >= 0.3 is 5.97 Å². The Morgan fingerprint density at radius 3 is 2.49 bits per heavy atom. The molecule has 3 aromatic carbocycles. The topological polar surface area (TPSA) is 106 Å². The number of amides is 1. The van der Waals surface area contributed by atoms with Gasteiger partial charge in [0.15, 0.2) is 0 Å². The quantitative estimate of drug-likeness (QED) is 0.193. The maximum absolute atomic E-state index is 12.6. The minimum atomic E-state index is -1.11. The maximum atomic E-state index is 12.6. The number of nitrogens with zero attached hydrogens (tertiary/aromatic N) is 3. The molecule has 4 aromatic rings. The summed E-state index contributed by atoms with van der Waals surface area (Å²) in [4.78, 5) is 26.5. The number of carboxylic acid groups (broad SMARTS) is 1. The van der Waals surface area contributed by atoms with Crippen molar-refractivity contribution in [1.29, 1.82) is 0 Å². The summed E-state index contributed by atoms with van der Waals surface area (Å²) in [5.74, 6) is 0.741. The van der Waals surface area contributed by atoms with Crippen molar-refractivity contribution in [2.45, 2.75) is 63.8 Å². The van der Waals surface area contributed by atoms with Gasteiger partial charge in [0.05, 0.1) is 26.5 Å². The van der Waals surface area contributed by atoms with Crippen LogP contribution in [0.15, 0.2) is 60.8 Å². The molecule has 1 amide bonds. The maximum Gasteiger partial charge on any atom is 0.342 e. The molecule has 2 fully saturated rings. The van der Waals surface area contributed by atoms with Crippen LogP contribution in [-0.2, 0) is 17.6 Å². The highest BCUT2D eigenvalue weighted by molar-refractivity contribution is 5.90. The van der Waals surface area contributed by atoms with E-state index in [1.807, 2.05) is 18.2 Å². The van der Waals surface area contributed by atoms with Gasteiger partial charge in [0.2, 0.25) is 11.8 Å². The van der Waals surface area contributed by atoms with E-state index in [-0.39, 0.29) is 17.5 Å². The van der Waals surface area contributed by atoms with Crippen LogP contribution in [0.25, 0.3) is 16.8 Å². The first kappa shape index (κ1) is 30.8. The predicted octanol–water partition coefficient (Wildman–Crippen LogP) is 7.03. The zero-order chi connectivity index (χ0) is 32.7. The third kappa shape index (κ3) is 5.83. The largest absolute Gasteiger partial charge is 0.494 e. The number of carbonyl (C=O) groups is 2. The molecule has 1 aromatic heterocycles. The van der Waals surface area contributed by atoms with E-state index in [1.165, 1.54) is 40.2 Å². The molecule has 0 bridgehead atoms. The van der Waals surface area contributed by atoms with Crippen molar-refractivity contribution in [3.05, 3.63) is 88.6 Å². The van der Waals surface area contributed by atoms with Crippen LogP contribution in [0.1, 0.15) is 83.6 Å². The van der Waals surface area contributed by atoms with Gasteiger partial charge in [-0.1, -0.05) is 37.3 Å². The average Bonchev–Trinajstić information content (AvgIpc) is 3.74. The van der Waals surface area contributed by atoms with E-state index in [0.29, 0.717) is 29.2 Å². The molecule has 1 atom stereocenters. The molecule has 2 aliphatic carbocycles. The van der Waals surface area contributed by atoms with Crippen LogP contribution < -0.4 is 14.8 Å². The van der Waals surface area contributed by atoms with Crippen LogP contribution in [0.3, 0.4) is 0 Å². The molecular formula is C38H42N4O5. The Bertz CT molecular complexity index is 1820. The van der Waals surface area contributed by atoms with Crippen molar-refractivity contribution in [2.24, 2.45) is 5.92 Å². The summed E-state index contributed by atoms with van der Waals surface area (Å²) in [6.45, 7) is 3.96. The second-order valence-corrected chi connectivity index (χ2v) is 12.9. The predicted molar refractivity (Wildman–Crippen MR) is 181 cm³/mol. The summed E-state index contributed by atoms with van der Waals surface area (Å²) in [5, 5.41) is 17.9. The molecule has 2 heterocycles. The van der Waals surface area contributed by atoms with Gasteiger partial charge in [-0.3, -0.25) is 4.79 Å². The van der Waals surface area contributed by atoms with E-state index in [2.05, 4.69) is 58.6 Å². The van der Waals surface area contributed by atoms with Gasteiger partial charge in [-0.2, -0.15) is 9.78 Å². The third-order valence-corrected chi connectivity index (χ3v) is 10.2. The third-order valence-electron chi connectivity index (χ3n) is 10.2. The fraction of sp³-hybridized carbons (Fsp3) is 0.395. The van der Waals surface area contributed by atoms with Crippen molar-refractivity contribution in [2.75, 3.05) is 32.6 Å². The molecule has 1 saturated heterocycles. The summed E-state index contributed by atoms with van der Waals surface area (Å²) in [5.41, 5.74) is 9.20. The molecule has 1 unspecified atom stereocenters. The number of likely N-dealkylation sites (tertiary alicyclic amines) is 1. The Kier molecular flexibility index (Phi) is 8.39. The number of nitrogens with one attached hydrogen (secondary N) is 1. The lowest BCUT2D eigenvalue weighted by Crippen LogP contribution is -2.38. The summed E-state index contributed by atoms with van der Waals surface area (Å²) in [6, 6.07) is 19.4. The number of fused-ring (bicyclic) bond motifs is 1. The molecular weight excluding hydrogens is 592 g/mol. The normalized spacial score (nSPS) is 17.8. The Morgan fingerprint density at radius 1 is 0.979 bits per heavy atom. The summed E-state index contributed by atoms with van der Waals surface area (Å²) in [6.07, 6.45) is 8.42. The van der Waals surface area contributed by atoms with Crippen LogP contribution in [-0.4, -0.2) is 59.0 Å². The molecule has 9 nitrogen and oxygen atoms in total. The molecule has 3 aliphatic rings. The van der Waals surface area contributed by atoms with Crippen LogP contribution in [0.5, 0.6) is 11.6 Å². The van der Waals surface area contributed by atoms with E-state index in [4.69, 9.17) is 9.47 Å². The number of ether oxygens (including phenoxy) is 2. The fourth-order valence-corrected chi connectivity index (χ4v) is 7.56. The summed E-state index contributed by atoms with van der Waals surface area (Å²) >= 11 is 0. The SMILES string of the molecule is CCc1cc(NC2CCc3cccc(-c4ccc(OC)c(-n5ncc(C(=O)O)c5OC)c4)c32)ccc1C1CCN(C(=O)C2CC2)CC1. The highest BCUT2D eigenvalue weighted by Crippen LogP contribution is 2.43. The number of methoxy groups -OCH3 is 2. The molecule has 1 saturated carbocycles. The standard InChI is InChI=1S/C38H42N4O5/c1-4-23-20-28(12-13-29(23)24-16-18-41(19-17-24)36(43)26-8-9-26)40-32-14-10-25-6-5-7-30(35(25)32)27-11-15-34(46-2)33(21-27)42-37(47-3)31(22-39-42)38(44)45/h5-7,11-13,15,20-22,24,26,32,40H,4,8-10,14,16-19H2,1-3H3,(H,44,45). The Hall–Kier alpha value is -4.79. The van der Waals surface area contributed by atoms with Crippen LogP contribution in [0.4, 0.5) is 5.69 Å². The lowest BCUT2D eigenvalue weighted by atomic mass is 9.85. The first-order chi connectivity index (χ1) is 22.9. The Labute approximate surface area is 275 Å². The zero-order valence-electron chi connectivity index (χ0n) is 27.3. The fourth-order valence-electron chi connectivity index (χ4n) is 7.56. The van der Waals surface area contributed by atoms with Crippen LogP contribution in [0, 0.1) is 5.92 Å². The monoisotopic (exact) mass is 634 g/mol. The number of aromatic nitrogens is 2. The van der Waals surface area contributed by atoms with Crippen LogP contribution in [0.2, 0.25) is 0 Å². The Balaban J connectivity index is 1.15. The second kappa shape index (κ2) is 12.8. The minimum absolute atomic E-state index is 0.0172. The molecule has 0 spiro atoms. The highest BCUT2D eigenvalue weighted by Gasteiger charge is 2.35. The number of aryl methyl sites for hydroxylation is 2. The number of hydrogen-bond acceptors (Lipinski definition) is 6. The number of piperidine rings is 1. The number of hydrogen-bond donors (Lipinski definition) is 2. The van der Waals surface area contributed by atoms with Gasteiger partial charge < -0.3 is 24.8 Å². The minimum Gasteiger partial charge on any atom is -0.494 e. The van der Waals surface area contributed by atoms with E-state index in [9.17, 15) is 14.7 Å². The van der Waals surface area contributed by atoms with E-state index in [0.717, 1.165) is 74.8 Å². The van der Waals surface area contributed by atoms with E-state index < -0.39 is 5.97 Å². The average molecular weight is 635 g/mol. The Morgan fingerprint density at radius 2 is 1.79 bits per heavy atom. The van der Waals surface area contributed by atoms with Gasteiger partial charge in [0.25, 0.3) is 0 Å². The van der Waals surface area contributed by atoms with Crippen molar-refractivity contribution < 1.29 is 24.2 Å². The molecule has 244 valence electrons. The number of rotatable bonds is 10. The van der Waals surface area contributed by atoms with Crippen LogP contribution >= 0.6 is 0 Å². The zero-order valence-corrected chi connectivity index (χ0v) is 27.3. The van der Waals surface area contributed by atoms with Gasteiger partial charge in [0, 0.05) is 24.7 Å². The van der Waals surface area contributed by atoms with E-state index in [1.54, 1.807) is 7.11 Å². The number of benzene rings is 3. The smallest absolute Gasteiger partial charge is 0.342 e. The second-order valence-electron chi connectivity index (χ2n) is 12.9. The highest BCUT2D eigenvalue weighted by atomic mass is 16.5. The summed E-state index contributed by atoms with van der Waals surface area (Å²) in [7, 11) is 3.02. The number of aromatic carboxylic acids is 1. The molecule has 2 N–H and O–H groups in total. The number of anilines is 1. The first-order valence-corrected chi connectivity index (χ1v) is 16.7. The summed E-state index contributed by atoms with van der Waals surface area (Å²) < 4.78 is 12.6. The first-order valence-electron chi connectivity index (χ1n) is 16.7. The van der Waals surface area contributed by atoms with Crippen molar-refractivity contribution in [1.82, 2.24) is 14.7 Å². The molecule has 7 rings (SSSR count). The molecule has 1 aliphatic heterocycles. The number of carboxylic acids is 1. The van der Waals surface area contributed by atoms with Crippen molar-refractivity contribution >= 4 is 17.6 Å². The van der Waals surface area contributed by atoms with E-state index >= 15 is 0 Å². The molecule has 47 heavy (non-hydrogen) atoms. The van der Waals surface area contributed by atoms with Gasteiger partial charge in [-0.25, -0.2) is 4.79 Å². The van der Waals surface area contributed by atoms with Crippen molar-refractivity contribution in [3.63, 3.8) is 0 Å². The lowest BCUT2D eigenvalue weighted by molar-refractivity contribution is -0.133. The van der Waals surface area contributed by atoms with Gasteiger partial charge in [-0.05, 0) is 109 Å². The molecule has 9 heteroatoms. The van der Waals surface area contributed by atoms with Gasteiger partial charge in [-0.15, -0.1) is 0 Å². The van der Waals surface area contributed by atoms with Gasteiger partial charge in [0.1, 0.15) is 17.0 Å².